The van der Waals surface area contributed by atoms with Crippen LogP contribution in [0, 0.1) is 55.4 Å². The molecule has 0 amide bonds. The maximum Gasteiger partial charge on any atom is 0.0625 e. The third kappa shape index (κ3) is 10.4. The van der Waals surface area contributed by atoms with E-state index < -0.39 is 0 Å². The van der Waals surface area contributed by atoms with Crippen LogP contribution in [0.3, 0.4) is 0 Å². The van der Waals surface area contributed by atoms with Crippen molar-refractivity contribution in [1.29, 1.82) is 0 Å². The minimum atomic E-state index is 0.947. The van der Waals surface area contributed by atoms with E-state index in [0.29, 0.717) is 0 Å². The molecule has 15 rings (SSSR count). The van der Waals surface area contributed by atoms with Crippen LogP contribution in [0.25, 0.3) is 55.0 Å². The van der Waals surface area contributed by atoms with Crippen LogP contribution in [-0.4, -0.2) is 9.13 Å². The molecule has 0 saturated heterocycles. The van der Waals surface area contributed by atoms with Crippen molar-refractivity contribution in [2.45, 2.75) is 55.4 Å². The number of aryl methyl sites for hydroxylation is 8. The Bertz CT molecular complexity index is 4690. The van der Waals surface area contributed by atoms with Gasteiger partial charge in [0.1, 0.15) is 0 Å². The second kappa shape index (κ2) is 24.6. The molecule has 0 atom stereocenters. The van der Waals surface area contributed by atoms with Gasteiger partial charge in [-0.05, 0) is 265 Å². The number of para-hydroxylation sites is 8. The molecular weight excluding hydrogens is 1280 g/mol. The van der Waals surface area contributed by atoms with Gasteiger partial charge in [0.25, 0.3) is 0 Å². The fraction of sp³-hybridized carbons (Fsp3) is 0.0930. The van der Waals surface area contributed by atoms with Crippen LogP contribution in [0.15, 0.2) is 288 Å². The molecule has 0 aliphatic heterocycles. The third-order valence-corrected chi connectivity index (χ3v) is 20.0. The van der Waals surface area contributed by atoms with Gasteiger partial charge >= 0.3 is 0 Å². The maximum absolute atomic E-state index is 4.24. The average Bonchev–Trinajstić information content (AvgIpc) is 1.55. The summed E-state index contributed by atoms with van der Waals surface area (Å²) in [7, 11) is 0. The normalized spacial score (nSPS) is 11.5. The highest BCUT2D eigenvalue weighted by molar-refractivity contribution is 9.11. The first-order valence-corrected chi connectivity index (χ1v) is 33.7. The molecule has 2 heterocycles. The zero-order chi connectivity index (χ0) is 64.5. The van der Waals surface area contributed by atoms with Crippen LogP contribution < -0.4 is 19.6 Å². The maximum atomic E-state index is 4.24. The summed E-state index contributed by atoms with van der Waals surface area (Å²) in [5, 5.41) is 4.51. The standard InChI is InChI=1S/C86H70Br2N6/c1-55-25-21-26-56(2)83(55)89(63-33-13-9-14-34-63)67-41-45-77-71(49-67)72-50-68(90(64-35-15-10-16-36-64)84-57(3)27-22-28-58(84)4)42-46-78(72)93(77)81-54-82(76(88)53-75(81)87)94-79-47-43-69(91(65-37-17-11-18-38-65)85-59(5)29-23-30-60(85)6)51-73(79)74-52-70(44-48-80(74)94)92(66-39-19-12-20-40-66)86-61(7)31-24-32-62(86)8/h9-54H,1-8H3. The van der Waals surface area contributed by atoms with Crippen LogP contribution in [0.5, 0.6) is 0 Å². The molecule has 0 aliphatic rings. The summed E-state index contributed by atoms with van der Waals surface area (Å²) in [4.78, 5) is 9.72. The lowest BCUT2D eigenvalue weighted by Crippen LogP contribution is -2.13. The summed E-state index contributed by atoms with van der Waals surface area (Å²) in [5.74, 6) is 0. The van der Waals surface area contributed by atoms with Crippen molar-refractivity contribution < 1.29 is 0 Å². The minimum absolute atomic E-state index is 0.947. The average molecular weight is 1350 g/mol. The Kier molecular flexibility index (Phi) is 15.7. The van der Waals surface area contributed by atoms with E-state index in [1.54, 1.807) is 0 Å². The van der Waals surface area contributed by atoms with E-state index in [9.17, 15) is 0 Å². The number of hydrogen-bond acceptors (Lipinski definition) is 4. The van der Waals surface area contributed by atoms with Gasteiger partial charge in [-0.15, -0.1) is 0 Å². The number of rotatable bonds is 14. The number of aromatic nitrogens is 2. The van der Waals surface area contributed by atoms with Crippen molar-refractivity contribution in [2.24, 2.45) is 0 Å². The van der Waals surface area contributed by atoms with E-state index in [1.807, 2.05) is 0 Å². The summed E-state index contributed by atoms with van der Waals surface area (Å²) in [6.45, 7) is 17.7. The molecule has 0 aliphatic carbocycles. The van der Waals surface area contributed by atoms with Gasteiger partial charge in [0, 0.05) is 76.0 Å². The van der Waals surface area contributed by atoms with Crippen molar-refractivity contribution in [3.05, 3.63) is 333 Å². The number of hydrogen-bond donors (Lipinski definition) is 0. The smallest absolute Gasteiger partial charge is 0.0625 e. The molecule has 13 aromatic carbocycles. The van der Waals surface area contributed by atoms with Gasteiger partial charge in [-0.2, -0.15) is 0 Å². The van der Waals surface area contributed by atoms with Gasteiger partial charge in [-0.25, -0.2) is 0 Å². The topological polar surface area (TPSA) is 22.8 Å². The molecule has 15 aromatic rings. The third-order valence-electron chi connectivity index (χ3n) is 18.7. The molecular formula is C86H70Br2N6. The van der Waals surface area contributed by atoms with Crippen molar-refractivity contribution in [2.75, 3.05) is 19.6 Å². The second-order valence-electron chi connectivity index (χ2n) is 24.9. The summed E-state index contributed by atoms with van der Waals surface area (Å²) in [5.41, 5.74) is 29.3. The van der Waals surface area contributed by atoms with E-state index in [0.717, 1.165) is 109 Å². The highest BCUT2D eigenvalue weighted by Crippen LogP contribution is 2.50. The number of fused-ring (bicyclic) bond motifs is 6. The molecule has 0 N–H and O–H groups in total. The number of anilines is 12. The number of halogens is 2. The fourth-order valence-electron chi connectivity index (χ4n) is 14.5. The molecule has 458 valence electrons. The zero-order valence-corrected chi connectivity index (χ0v) is 57.2. The van der Waals surface area contributed by atoms with E-state index in [2.05, 4.69) is 395 Å². The molecule has 0 bridgehead atoms. The Morgan fingerprint density at radius 3 is 0.638 bits per heavy atom. The second-order valence-corrected chi connectivity index (χ2v) is 26.6. The van der Waals surface area contributed by atoms with Crippen LogP contribution >= 0.6 is 31.9 Å². The first kappa shape index (κ1) is 59.9. The predicted molar refractivity (Wildman–Crippen MR) is 407 cm³/mol. The van der Waals surface area contributed by atoms with Gasteiger partial charge < -0.3 is 28.7 Å². The lowest BCUT2D eigenvalue weighted by atomic mass is 10.0. The predicted octanol–water partition coefficient (Wildman–Crippen LogP) is 25.8. The van der Waals surface area contributed by atoms with Crippen molar-refractivity contribution in [3.8, 4) is 11.4 Å². The van der Waals surface area contributed by atoms with Gasteiger partial charge in [0.2, 0.25) is 0 Å². The summed E-state index contributed by atoms with van der Waals surface area (Å²) >= 11 is 8.48. The van der Waals surface area contributed by atoms with E-state index in [1.165, 1.54) is 67.3 Å². The van der Waals surface area contributed by atoms with E-state index >= 15 is 0 Å². The highest BCUT2D eigenvalue weighted by atomic mass is 79.9. The molecule has 0 radical (unpaired) electrons. The monoisotopic (exact) mass is 1340 g/mol. The Morgan fingerprint density at radius 1 is 0.213 bits per heavy atom. The molecule has 6 nitrogen and oxygen atoms in total. The van der Waals surface area contributed by atoms with Crippen LogP contribution in [-0.2, 0) is 0 Å². The Hall–Kier alpha value is -10.4. The number of nitrogens with zero attached hydrogens (tertiary/aromatic N) is 6. The molecule has 0 fully saturated rings. The Balaban J connectivity index is 0.999. The fourth-order valence-corrected chi connectivity index (χ4v) is 15.9. The lowest BCUT2D eigenvalue weighted by Gasteiger charge is -2.29. The van der Waals surface area contributed by atoms with Gasteiger partial charge in [0.05, 0.1) is 56.2 Å². The summed E-state index contributed by atoms with van der Waals surface area (Å²) in [6.07, 6.45) is 0. The first-order valence-electron chi connectivity index (χ1n) is 32.1. The summed E-state index contributed by atoms with van der Waals surface area (Å²) < 4.78 is 6.82. The van der Waals surface area contributed by atoms with Crippen LogP contribution in [0.1, 0.15) is 44.5 Å². The van der Waals surface area contributed by atoms with Crippen LogP contribution in [0.2, 0.25) is 0 Å². The molecule has 0 spiro atoms. The van der Waals surface area contributed by atoms with Crippen molar-refractivity contribution >= 4 is 144 Å². The van der Waals surface area contributed by atoms with E-state index in [-0.39, 0.29) is 0 Å². The Morgan fingerprint density at radius 2 is 0.426 bits per heavy atom. The molecule has 2 aromatic heterocycles. The summed E-state index contributed by atoms with van der Waals surface area (Å²) in [6, 6.07) is 102. The van der Waals surface area contributed by atoms with Gasteiger partial charge in [-0.3, -0.25) is 0 Å². The number of benzene rings is 13. The van der Waals surface area contributed by atoms with Crippen molar-refractivity contribution in [1.82, 2.24) is 9.13 Å². The molecule has 0 saturated carbocycles. The Labute approximate surface area is 567 Å². The van der Waals surface area contributed by atoms with Gasteiger partial charge in [0.15, 0.2) is 0 Å². The molecule has 0 unspecified atom stereocenters. The quantitative estimate of drug-likeness (QED) is 0.108. The SMILES string of the molecule is Cc1cccc(C)c1N(c1ccccc1)c1ccc2c(c1)c1cc(N(c3ccccc3)c3c(C)cccc3C)ccc1n2-c1cc(-n2c3ccc(N(c4ccccc4)c4c(C)cccc4C)cc3c3cc(N(c4ccccc4)c4c(C)cccc4C)ccc32)c(Br)cc1Br. The van der Waals surface area contributed by atoms with Crippen LogP contribution in [0.4, 0.5) is 68.2 Å². The zero-order valence-electron chi connectivity index (χ0n) is 54.0. The van der Waals surface area contributed by atoms with Crippen molar-refractivity contribution in [3.63, 3.8) is 0 Å². The van der Waals surface area contributed by atoms with E-state index in [4.69, 9.17) is 0 Å². The largest absolute Gasteiger partial charge is 0.310 e. The minimum Gasteiger partial charge on any atom is -0.310 e. The molecule has 8 heteroatoms. The lowest BCUT2D eigenvalue weighted by molar-refractivity contribution is 1.11. The first-order chi connectivity index (χ1) is 45.8. The van der Waals surface area contributed by atoms with Gasteiger partial charge in [-0.1, -0.05) is 146 Å². The molecule has 94 heavy (non-hydrogen) atoms. The highest BCUT2D eigenvalue weighted by Gasteiger charge is 2.27.